The van der Waals surface area contributed by atoms with Gasteiger partial charge >= 0.3 is 0 Å². The molecule has 2 rings (SSSR count). The zero-order valence-corrected chi connectivity index (χ0v) is 9.33. The normalized spacial score (nSPS) is 19.6. The van der Waals surface area contributed by atoms with E-state index in [-0.39, 0.29) is 6.04 Å². The molecule has 1 aromatic rings. The number of aryl methyl sites for hydroxylation is 1. The van der Waals surface area contributed by atoms with Crippen molar-refractivity contribution in [1.29, 1.82) is 0 Å². The van der Waals surface area contributed by atoms with Crippen LogP contribution in [0, 0.1) is 12.8 Å². The lowest BCUT2D eigenvalue weighted by molar-refractivity contribution is 0.340. The fraction of sp³-hybridized carbons (Fsp3) is 0.667. The molecule has 1 unspecified atom stereocenters. The zero-order chi connectivity index (χ0) is 10.7. The minimum atomic E-state index is 0.182. The Morgan fingerprint density at radius 2 is 2.20 bits per heavy atom. The summed E-state index contributed by atoms with van der Waals surface area (Å²) < 4.78 is 5.60. The van der Waals surface area contributed by atoms with Gasteiger partial charge < -0.3 is 4.42 Å². The molecule has 0 saturated heterocycles. The first kappa shape index (κ1) is 10.7. The van der Waals surface area contributed by atoms with Gasteiger partial charge in [0.15, 0.2) is 0 Å². The summed E-state index contributed by atoms with van der Waals surface area (Å²) in [5.41, 5.74) is 2.86. The van der Waals surface area contributed by atoms with Crippen LogP contribution in [0.3, 0.4) is 0 Å². The van der Waals surface area contributed by atoms with Gasteiger partial charge in [-0.25, -0.2) is 5.43 Å². The van der Waals surface area contributed by atoms with Gasteiger partial charge in [-0.15, -0.1) is 0 Å². The van der Waals surface area contributed by atoms with Crippen molar-refractivity contribution in [2.75, 3.05) is 0 Å². The molecule has 1 aliphatic carbocycles. The molecule has 1 atom stereocenters. The molecule has 1 fully saturated rings. The molecule has 1 aliphatic rings. The summed E-state index contributed by atoms with van der Waals surface area (Å²) in [6.07, 6.45) is 6.54. The summed E-state index contributed by atoms with van der Waals surface area (Å²) in [5, 5.41) is 0. The van der Waals surface area contributed by atoms with Crippen molar-refractivity contribution in [2.45, 2.75) is 45.1 Å². The Labute approximate surface area is 91.0 Å². The predicted molar refractivity (Wildman–Crippen MR) is 60.1 cm³/mol. The van der Waals surface area contributed by atoms with Gasteiger partial charge in [-0.3, -0.25) is 5.84 Å². The van der Waals surface area contributed by atoms with Gasteiger partial charge in [0.2, 0.25) is 0 Å². The average Bonchev–Trinajstić information content (AvgIpc) is 2.85. The first-order valence-corrected chi connectivity index (χ1v) is 5.82. The van der Waals surface area contributed by atoms with E-state index < -0.39 is 0 Å². The molecule has 15 heavy (non-hydrogen) atoms. The van der Waals surface area contributed by atoms with E-state index in [0.29, 0.717) is 0 Å². The molecule has 3 nitrogen and oxygen atoms in total. The number of furan rings is 1. The molecule has 1 heterocycles. The molecule has 0 aliphatic heterocycles. The summed E-state index contributed by atoms with van der Waals surface area (Å²) in [7, 11) is 0. The van der Waals surface area contributed by atoms with Crippen LogP contribution < -0.4 is 11.3 Å². The Bertz CT molecular complexity index is 302. The van der Waals surface area contributed by atoms with E-state index in [1.54, 1.807) is 0 Å². The van der Waals surface area contributed by atoms with Crippen molar-refractivity contribution in [2.24, 2.45) is 11.8 Å². The lowest BCUT2D eigenvalue weighted by atomic mass is 9.97. The second-order valence-corrected chi connectivity index (χ2v) is 4.55. The van der Waals surface area contributed by atoms with E-state index in [4.69, 9.17) is 10.3 Å². The van der Waals surface area contributed by atoms with Gasteiger partial charge in [-0.1, -0.05) is 25.7 Å². The number of rotatable bonds is 4. The van der Waals surface area contributed by atoms with E-state index in [1.807, 2.05) is 19.1 Å². The van der Waals surface area contributed by atoms with E-state index in [9.17, 15) is 0 Å². The fourth-order valence-electron chi connectivity index (χ4n) is 2.49. The highest BCUT2D eigenvalue weighted by molar-refractivity contribution is 5.09. The van der Waals surface area contributed by atoms with Crippen LogP contribution >= 0.6 is 0 Å². The first-order valence-electron chi connectivity index (χ1n) is 5.82. The molecule has 1 saturated carbocycles. The number of hydrazine groups is 1. The number of hydrogen-bond donors (Lipinski definition) is 2. The Kier molecular flexibility index (Phi) is 3.44. The monoisotopic (exact) mass is 208 g/mol. The summed E-state index contributed by atoms with van der Waals surface area (Å²) in [5.74, 6) is 8.33. The summed E-state index contributed by atoms with van der Waals surface area (Å²) in [4.78, 5) is 0. The third kappa shape index (κ3) is 2.61. The van der Waals surface area contributed by atoms with Crippen molar-refractivity contribution < 1.29 is 4.42 Å². The van der Waals surface area contributed by atoms with Crippen LogP contribution in [0.15, 0.2) is 16.5 Å². The molecule has 0 amide bonds. The van der Waals surface area contributed by atoms with Crippen molar-refractivity contribution in [3.63, 3.8) is 0 Å². The fourth-order valence-corrected chi connectivity index (χ4v) is 2.49. The van der Waals surface area contributed by atoms with Gasteiger partial charge in [0, 0.05) is 0 Å². The maximum absolute atomic E-state index is 5.60. The van der Waals surface area contributed by atoms with Gasteiger partial charge in [0.05, 0.1) is 6.04 Å². The molecule has 0 radical (unpaired) electrons. The first-order chi connectivity index (χ1) is 7.29. The van der Waals surface area contributed by atoms with Crippen LogP contribution in [0.2, 0.25) is 0 Å². The van der Waals surface area contributed by atoms with Crippen LogP contribution in [-0.2, 0) is 0 Å². The Morgan fingerprint density at radius 1 is 1.47 bits per heavy atom. The maximum Gasteiger partial charge on any atom is 0.122 e. The van der Waals surface area contributed by atoms with Crippen LogP contribution in [-0.4, -0.2) is 0 Å². The quantitative estimate of drug-likeness (QED) is 0.591. The second-order valence-electron chi connectivity index (χ2n) is 4.55. The molecule has 0 aromatic carbocycles. The highest BCUT2D eigenvalue weighted by atomic mass is 16.3. The predicted octanol–water partition coefficient (Wildman–Crippen LogP) is 2.67. The topological polar surface area (TPSA) is 51.2 Å². The molecule has 3 N–H and O–H groups in total. The maximum atomic E-state index is 5.60. The van der Waals surface area contributed by atoms with Gasteiger partial charge in [-0.05, 0) is 31.4 Å². The minimum absolute atomic E-state index is 0.182. The van der Waals surface area contributed by atoms with Gasteiger partial charge in [0.25, 0.3) is 0 Å². The van der Waals surface area contributed by atoms with Crippen molar-refractivity contribution in [1.82, 2.24) is 5.43 Å². The molecule has 1 aromatic heterocycles. The Hall–Kier alpha value is -0.800. The van der Waals surface area contributed by atoms with Crippen molar-refractivity contribution >= 4 is 0 Å². The van der Waals surface area contributed by atoms with Crippen LogP contribution in [0.5, 0.6) is 0 Å². The van der Waals surface area contributed by atoms with Crippen LogP contribution in [0.4, 0.5) is 0 Å². The van der Waals surface area contributed by atoms with Crippen LogP contribution in [0.1, 0.15) is 49.7 Å². The van der Waals surface area contributed by atoms with E-state index in [1.165, 1.54) is 25.7 Å². The number of hydrogen-bond acceptors (Lipinski definition) is 3. The Balaban J connectivity index is 1.97. The highest BCUT2D eigenvalue weighted by Crippen LogP contribution is 2.33. The third-order valence-electron chi connectivity index (χ3n) is 3.35. The standard InChI is InChI=1S/C12H20N2O/c1-9-6-7-12(15-9)11(14-13)8-10-4-2-3-5-10/h6-7,10-11,14H,2-5,8,13H2,1H3. The molecule has 3 heteroatoms. The van der Waals surface area contributed by atoms with Crippen molar-refractivity contribution in [3.8, 4) is 0 Å². The SMILES string of the molecule is Cc1ccc(C(CC2CCCC2)NN)o1. The van der Waals surface area contributed by atoms with Crippen molar-refractivity contribution in [3.05, 3.63) is 23.7 Å². The molecule has 84 valence electrons. The average molecular weight is 208 g/mol. The molecule has 0 bridgehead atoms. The summed E-state index contributed by atoms with van der Waals surface area (Å²) in [6, 6.07) is 4.20. The zero-order valence-electron chi connectivity index (χ0n) is 9.33. The minimum Gasteiger partial charge on any atom is -0.465 e. The van der Waals surface area contributed by atoms with E-state index >= 15 is 0 Å². The molecular formula is C12H20N2O. The summed E-state index contributed by atoms with van der Waals surface area (Å²) >= 11 is 0. The largest absolute Gasteiger partial charge is 0.465 e. The highest BCUT2D eigenvalue weighted by Gasteiger charge is 2.22. The lowest BCUT2D eigenvalue weighted by Gasteiger charge is -2.17. The lowest BCUT2D eigenvalue weighted by Crippen LogP contribution is -2.29. The number of nitrogens with one attached hydrogen (secondary N) is 1. The van der Waals surface area contributed by atoms with E-state index in [2.05, 4.69) is 5.43 Å². The third-order valence-corrected chi connectivity index (χ3v) is 3.35. The molecule has 0 spiro atoms. The van der Waals surface area contributed by atoms with Crippen LogP contribution in [0.25, 0.3) is 0 Å². The molecular weight excluding hydrogens is 188 g/mol. The van der Waals surface area contributed by atoms with Gasteiger partial charge in [0.1, 0.15) is 11.5 Å². The number of nitrogens with two attached hydrogens (primary N) is 1. The van der Waals surface area contributed by atoms with E-state index in [0.717, 1.165) is 23.9 Å². The smallest absolute Gasteiger partial charge is 0.122 e. The van der Waals surface area contributed by atoms with Gasteiger partial charge in [-0.2, -0.15) is 0 Å². The Morgan fingerprint density at radius 3 is 2.73 bits per heavy atom. The second kappa shape index (κ2) is 4.81. The summed E-state index contributed by atoms with van der Waals surface area (Å²) in [6.45, 7) is 1.96.